The van der Waals surface area contributed by atoms with Gasteiger partial charge in [0.1, 0.15) is 13.2 Å². The number of quaternary nitrogens is 1. The van der Waals surface area contributed by atoms with E-state index in [0.717, 1.165) is 38.5 Å². The molecular weight excluding hydrogens is 1280 g/mol. The van der Waals surface area contributed by atoms with Crippen LogP contribution in [-0.2, 0) is 33.3 Å². The second-order valence-corrected chi connectivity index (χ2v) is 34.4. The van der Waals surface area contributed by atoms with E-state index in [1.54, 1.807) is 0 Å². The molecule has 0 saturated carbocycles. The highest BCUT2D eigenvalue weighted by atomic mass is 16.7. The van der Waals surface area contributed by atoms with Crippen LogP contribution in [0.2, 0.25) is 0 Å². The maximum absolute atomic E-state index is 13.0. The normalized spacial score (nSPS) is 12.4. The Balaban J connectivity index is 3.84. The lowest BCUT2D eigenvalue weighted by Crippen LogP contribution is -2.40. The summed E-state index contributed by atoms with van der Waals surface area (Å²) in [6, 6.07) is 0. The summed E-state index contributed by atoms with van der Waals surface area (Å²) in [7, 11) is 6.01. The van der Waals surface area contributed by atoms with Crippen molar-refractivity contribution in [3.05, 3.63) is 0 Å². The molecule has 0 aromatic heterocycles. The first-order chi connectivity index (χ1) is 51.1. The van der Waals surface area contributed by atoms with Gasteiger partial charge in [-0.3, -0.25) is 9.59 Å². The highest BCUT2D eigenvalue weighted by Gasteiger charge is 2.25. The third kappa shape index (κ3) is 87.5. The average Bonchev–Trinajstić information content (AvgIpc) is 0.971. The van der Waals surface area contributed by atoms with E-state index in [0.29, 0.717) is 17.4 Å². The average molecular weight is 1470 g/mol. The van der Waals surface area contributed by atoms with Crippen LogP contribution in [0.5, 0.6) is 0 Å². The number of rotatable bonds is 92. The van der Waals surface area contributed by atoms with Gasteiger partial charge in [-0.2, -0.15) is 0 Å². The van der Waals surface area contributed by atoms with Crippen molar-refractivity contribution in [3.8, 4) is 0 Å². The van der Waals surface area contributed by atoms with Gasteiger partial charge in [0.25, 0.3) is 6.29 Å². The third-order valence-corrected chi connectivity index (χ3v) is 22.6. The monoisotopic (exact) mass is 1470 g/mol. The largest absolute Gasteiger partial charge is 0.477 e. The lowest BCUT2D eigenvalue weighted by Gasteiger charge is -2.25. The van der Waals surface area contributed by atoms with Gasteiger partial charge in [-0.1, -0.05) is 508 Å². The number of likely N-dealkylation sites (N-methyl/N-ethyl adjacent to an activating group) is 1. The van der Waals surface area contributed by atoms with E-state index in [1.165, 1.54) is 469 Å². The number of aliphatic carboxylic acids is 1. The number of ether oxygens (including phenoxy) is 4. The van der Waals surface area contributed by atoms with Crippen LogP contribution < -0.4 is 0 Å². The molecule has 0 heterocycles. The molecular formula is C95H188NO8+. The van der Waals surface area contributed by atoms with Gasteiger partial charge in [-0.15, -0.1) is 0 Å². The summed E-state index contributed by atoms with van der Waals surface area (Å²) in [6.45, 7) is 5.00. The number of carboxylic acid groups (broad SMARTS) is 1. The molecule has 0 amide bonds. The summed E-state index contributed by atoms with van der Waals surface area (Å²) in [6.07, 6.45) is 108. The van der Waals surface area contributed by atoms with E-state index in [2.05, 4.69) is 13.8 Å². The minimum atomic E-state index is -1.51. The summed E-state index contributed by atoms with van der Waals surface area (Å²) in [5.74, 6) is -1.96. The van der Waals surface area contributed by atoms with Gasteiger partial charge in [-0.25, -0.2) is 4.79 Å². The van der Waals surface area contributed by atoms with Gasteiger partial charge in [0, 0.05) is 12.8 Å². The Kier molecular flexibility index (Phi) is 85.4. The first-order valence-electron chi connectivity index (χ1n) is 47.7. The van der Waals surface area contributed by atoms with Crippen LogP contribution in [0, 0.1) is 0 Å². The van der Waals surface area contributed by atoms with Crippen molar-refractivity contribution in [1.82, 2.24) is 0 Å². The molecule has 0 fully saturated rings. The van der Waals surface area contributed by atoms with Crippen LogP contribution in [0.4, 0.5) is 0 Å². The summed E-state index contributed by atoms with van der Waals surface area (Å²) < 4.78 is 23.1. The maximum Gasteiger partial charge on any atom is 0.361 e. The van der Waals surface area contributed by atoms with Crippen molar-refractivity contribution < 1.29 is 42.9 Å². The highest BCUT2D eigenvalue weighted by molar-refractivity contribution is 5.71. The molecule has 0 radical (unpaired) electrons. The Morgan fingerprint density at radius 3 is 0.615 bits per heavy atom. The van der Waals surface area contributed by atoms with Crippen LogP contribution in [0.25, 0.3) is 0 Å². The molecule has 2 unspecified atom stereocenters. The molecule has 0 aromatic rings. The van der Waals surface area contributed by atoms with Crippen molar-refractivity contribution in [3.63, 3.8) is 0 Å². The molecule has 104 heavy (non-hydrogen) atoms. The molecule has 0 aliphatic heterocycles. The molecule has 0 bridgehead atoms. The maximum atomic E-state index is 13.0. The molecule has 2 atom stereocenters. The van der Waals surface area contributed by atoms with E-state index in [1.807, 2.05) is 21.1 Å². The van der Waals surface area contributed by atoms with E-state index >= 15 is 0 Å². The second-order valence-electron chi connectivity index (χ2n) is 34.4. The van der Waals surface area contributed by atoms with Crippen LogP contribution in [-0.4, -0.2) is 87.4 Å². The number of carbonyl (C=O) groups excluding carboxylic acids is 2. The number of unbranched alkanes of at least 4 members (excludes halogenated alkanes) is 77. The zero-order valence-electron chi connectivity index (χ0n) is 71.5. The Morgan fingerprint density at radius 2 is 0.433 bits per heavy atom. The van der Waals surface area contributed by atoms with Crippen LogP contribution in [0.15, 0.2) is 0 Å². The number of carbonyl (C=O) groups is 3. The Bertz CT molecular complexity index is 1670. The van der Waals surface area contributed by atoms with Crippen LogP contribution in [0.1, 0.15) is 534 Å². The molecule has 620 valence electrons. The summed E-state index contributed by atoms with van der Waals surface area (Å²) in [5.41, 5.74) is 0. The Morgan fingerprint density at radius 1 is 0.250 bits per heavy atom. The van der Waals surface area contributed by atoms with E-state index in [-0.39, 0.29) is 38.2 Å². The summed E-state index contributed by atoms with van der Waals surface area (Å²) in [5, 5.41) is 9.80. The summed E-state index contributed by atoms with van der Waals surface area (Å²) in [4.78, 5) is 37.9. The smallest absolute Gasteiger partial charge is 0.361 e. The SMILES string of the molecule is CCCCCCCCCCCCCCCCCCCCCCCCCCCCCCCCCCCCCCCCCCCC(=O)OC(COC(=O)CCCCCCCCCCCCCCCCCCCCCCCCCCCCCCCCCCCCCCCC)COC(OCC[N+](C)(C)C)C(=O)O. The molecule has 0 aliphatic carbocycles. The molecule has 0 rings (SSSR count). The van der Waals surface area contributed by atoms with Crippen LogP contribution >= 0.6 is 0 Å². The van der Waals surface area contributed by atoms with E-state index in [4.69, 9.17) is 18.9 Å². The molecule has 9 nitrogen and oxygen atoms in total. The topological polar surface area (TPSA) is 108 Å². The number of esters is 2. The lowest BCUT2D eigenvalue weighted by molar-refractivity contribution is -0.870. The fourth-order valence-electron chi connectivity index (χ4n) is 15.4. The van der Waals surface area contributed by atoms with E-state index < -0.39 is 18.4 Å². The third-order valence-electron chi connectivity index (χ3n) is 22.6. The fourth-order valence-corrected chi connectivity index (χ4v) is 15.4. The van der Waals surface area contributed by atoms with Crippen molar-refractivity contribution in [2.75, 3.05) is 47.5 Å². The minimum Gasteiger partial charge on any atom is -0.477 e. The van der Waals surface area contributed by atoms with Gasteiger partial charge in [0.15, 0.2) is 6.10 Å². The molecule has 0 saturated heterocycles. The molecule has 0 aromatic carbocycles. The first-order valence-corrected chi connectivity index (χ1v) is 47.7. The Labute approximate surface area is 651 Å². The van der Waals surface area contributed by atoms with Gasteiger partial charge < -0.3 is 28.5 Å². The quantitative estimate of drug-likeness (QED) is 0.0278. The van der Waals surface area contributed by atoms with Crippen LogP contribution in [0.3, 0.4) is 0 Å². The van der Waals surface area contributed by atoms with Crippen molar-refractivity contribution in [1.29, 1.82) is 0 Å². The lowest BCUT2D eigenvalue weighted by atomic mass is 10.0. The zero-order valence-corrected chi connectivity index (χ0v) is 71.5. The van der Waals surface area contributed by atoms with Gasteiger partial charge >= 0.3 is 17.9 Å². The predicted molar refractivity (Wildman–Crippen MR) is 452 cm³/mol. The Hall–Kier alpha value is -1.71. The molecule has 0 aliphatic rings. The van der Waals surface area contributed by atoms with Crippen molar-refractivity contribution in [2.45, 2.75) is 546 Å². The first kappa shape index (κ1) is 102. The molecule has 9 heteroatoms. The number of nitrogens with zero attached hydrogens (tertiary/aromatic N) is 1. The van der Waals surface area contributed by atoms with E-state index in [9.17, 15) is 19.5 Å². The summed E-state index contributed by atoms with van der Waals surface area (Å²) >= 11 is 0. The van der Waals surface area contributed by atoms with Crippen molar-refractivity contribution >= 4 is 17.9 Å². The zero-order chi connectivity index (χ0) is 75.3. The minimum absolute atomic E-state index is 0.171. The second kappa shape index (κ2) is 86.9. The highest BCUT2D eigenvalue weighted by Crippen LogP contribution is 2.23. The number of hydrogen-bond donors (Lipinski definition) is 1. The standard InChI is InChI=1S/C95H187NO8/c1-6-8-10-12-14-16-18-20-22-24-26-28-30-32-34-36-38-40-42-44-46-47-48-50-52-54-56-58-60-62-64-66-68-70-72-74-76-78-80-82-84-86-93(98)104-91(90-103-95(94(99)100)101-88-87-96(3,4)5)89-102-92(97)85-83-81-79-77-75-73-71-69-67-65-63-61-59-57-55-53-51-49-45-43-41-39-37-35-33-31-29-27-25-23-21-19-17-15-13-11-9-7-2/h91,95H,6-90H2,1-5H3/p+1. The molecule has 0 spiro atoms. The number of carboxylic acids is 1. The molecule has 1 N–H and O–H groups in total. The van der Waals surface area contributed by atoms with Gasteiger partial charge in [0.2, 0.25) is 0 Å². The van der Waals surface area contributed by atoms with Gasteiger partial charge in [0.05, 0.1) is 34.4 Å². The fraction of sp³-hybridized carbons (Fsp3) is 0.968. The van der Waals surface area contributed by atoms with Crippen molar-refractivity contribution in [2.24, 2.45) is 0 Å². The predicted octanol–water partition coefficient (Wildman–Crippen LogP) is 31.2. The number of hydrogen-bond acceptors (Lipinski definition) is 7. The van der Waals surface area contributed by atoms with Gasteiger partial charge in [-0.05, 0) is 12.8 Å².